The van der Waals surface area contributed by atoms with Gasteiger partial charge in [-0.25, -0.2) is 0 Å². The van der Waals surface area contributed by atoms with Gasteiger partial charge < -0.3 is 14.6 Å². The molecule has 1 atom stereocenters. The average Bonchev–Trinajstić information content (AvgIpc) is 2.87. The Balaban J connectivity index is 2.09. The number of ether oxygens (including phenoxy) is 1. The van der Waals surface area contributed by atoms with Gasteiger partial charge in [0.25, 0.3) is 0 Å². The van der Waals surface area contributed by atoms with E-state index < -0.39 is 0 Å². The summed E-state index contributed by atoms with van der Waals surface area (Å²) < 4.78 is 7.60. The third-order valence-corrected chi connectivity index (χ3v) is 3.55. The van der Waals surface area contributed by atoms with Gasteiger partial charge in [0.15, 0.2) is 0 Å². The maximum atomic E-state index is 12.0. The molecule has 21 heavy (non-hydrogen) atoms. The largest absolute Gasteiger partial charge is 0.494 e. The first-order chi connectivity index (χ1) is 10.1. The highest BCUT2D eigenvalue weighted by molar-refractivity contribution is 5.84. The number of hydrogen-bond donors (Lipinski definition) is 1. The van der Waals surface area contributed by atoms with Crippen LogP contribution < -0.4 is 10.1 Å². The molecule has 0 aliphatic rings. The normalized spacial score (nSPS) is 12.3. The van der Waals surface area contributed by atoms with Crippen LogP contribution in [0.15, 0.2) is 30.5 Å². The van der Waals surface area contributed by atoms with Crippen LogP contribution in [0.2, 0.25) is 0 Å². The number of nitrogens with zero attached hydrogens (tertiary/aromatic N) is 1. The molecule has 0 bridgehead atoms. The SMILES string of the molecule is CCCOc1ccc2c(ccn2CC(=O)NC(C)CC)c1. The standard InChI is InChI=1S/C17H24N2O2/c1-4-10-21-15-6-7-16-14(11-15)8-9-19(16)12-17(20)18-13(3)5-2/h6-9,11,13H,4-5,10,12H2,1-3H3,(H,18,20). The lowest BCUT2D eigenvalue weighted by atomic mass is 10.2. The Morgan fingerprint density at radius 2 is 2.14 bits per heavy atom. The zero-order valence-electron chi connectivity index (χ0n) is 13.1. The minimum absolute atomic E-state index is 0.0492. The van der Waals surface area contributed by atoms with Gasteiger partial charge in [0.2, 0.25) is 5.91 Å². The van der Waals surface area contributed by atoms with Crippen LogP contribution in [-0.4, -0.2) is 23.1 Å². The van der Waals surface area contributed by atoms with Gasteiger partial charge in [-0.3, -0.25) is 4.79 Å². The maximum absolute atomic E-state index is 12.0. The zero-order valence-corrected chi connectivity index (χ0v) is 13.1. The predicted octanol–water partition coefficient (Wildman–Crippen LogP) is 3.34. The van der Waals surface area contributed by atoms with Crippen molar-refractivity contribution in [2.24, 2.45) is 0 Å². The van der Waals surface area contributed by atoms with Crippen molar-refractivity contribution in [2.75, 3.05) is 6.61 Å². The van der Waals surface area contributed by atoms with E-state index in [1.807, 2.05) is 42.0 Å². The molecule has 0 saturated heterocycles. The van der Waals surface area contributed by atoms with Gasteiger partial charge in [-0.05, 0) is 44.0 Å². The quantitative estimate of drug-likeness (QED) is 0.849. The van der Waals surface area contributed by atoms with Crippen LogP contribution in [0, 0.1) is 0 Å². The second kappa shape index (κ2) is 7.16. The van der Waals surface area contributed by atoms with Crippen molar-refractivity contribution in [1.82, 2.24) is 9.88 Å². The van der Waals surface area contributed by atoms with Crippen molar-refractivity contribution >= 4 is 16.8 Å². The fraction of sp³-hybridized carbons (Fsp3) is 0.471. The van der Waals surface area contributed by atoms with E-state index >= 15 is 0 Å². The molecule has 0 aliphatic heterocycles. The summed E-state index contributed by atoms with van der Waals surface area (Å²) in [6, 6.07) is 8.23. The van der Waals surface area contributed by atoms with E-state index in [1.54, 1.807) is 0 Å². The molecular formula is C17H24N2O2. The fourth-order valence-corrected chi connectivity index (χ4v) is 2.20. The van der Waals surface area contributed by atoms with Crippen LogP contribution >= 0.6 is 0 Å². The van der Waals surface area contributed by atoms with Crippen molar-refractivity contribution in [3.63, 3.8) is 0 Å². The molecule has 0 spiro atoms. The summed E-state index contributed by atoms with van der Waals surface area (Å²) in [7, 11) is 0. The van der Waals surface area contributed by atoms with Gasteiger partial charge in [-0.1, -0.05) is 13.8 Å². The highest BCUT2D eigenvalue weighted by atomic mass is 16.5. The monoisotopic (exact) mass is 288 g/mol. The Bertz CT molecular complexity index is 604. The second-order valence-electron chi connectivity index (χ2n) is 5.39. The molecule has 2 rings (SSSR count). The minimum Gasteiger partial charge on any atom is -0.494 e. The third-order valence-electron chi connectivity index (χ3n) is 3.55. The Labute approximate surface area is 126 Å². The van der Waals surface area contributed by atoms with Gasteiger partial charge in [-0.15, -0.1) is 0 Å². The summed E-state index contributed by atoms with van der Waals surface area (Å²) in [5, 5.41) is 4.08. The highest BCUT2D eigenvalue weighted by Crippen LogP contribution is 2.22. The number of fused-ring (bicyclic) bond motifs is 1. The topological polar surface area (TPSA) is 43.3 Å². The van der Waals surface area contributed by atoms with Gasteiger partial charge in [0.05, 0.1) is 6.61 Å². The lowest BCUT2D eigenvalue weighted by molar-refractivity contribution is -0.122. The summed E-state index contributed by atoms with van der Waals surface area (Å²) in [6.45, 7) is 7.24. The molecule has 0 fully saturated rings. The molecule has 0 saturated carbocycles. The van der Waals surface area contributed by atoms with Crippen LogP contribution in [-0.2, 0) is 11.3 Å². The van der Waals surface area contributed by atoms with Crippen molar-refractivity contribution in [3.05, 3.63) is 30.5 Å². The molecule has 2 aromatic rings. The van der Waals surface area contributed by atoms with Gasteiger partial charge >= 0.3 is 0 Å². The Morgan fingerprint density at radius 1 is 1.33 bits per heavy atom. The molecular weight excluding hydrogens is 264 g/mol. The zero-order chi connectivity index (χ0) is 15.2. The average molecular weight is 288 g/mol. The Hall–Kier alpha value is -1.97. The van der Waals surface area contributed by atoms with Crippen LogP contribution in [0.4, 0.5) is 0 Å². The minimum atomic E-state index is 0.0492. The van der Waals surface area contributed by atoms with E-state index in [0.29, 0.717) is 6.54 Å². The Morgan fingerprint density at radius 3 is 2.86 bits per heavy atom. The number of hydrogen-bond acceptors (Lipinski definition) is 2. The van der Waals surface area contributed by atoms with E-state index in [4.69, 9.17) is 4.74 Å². The molecule has 1 amide bonds. The first-order valence-electron chi connectivity index (χ1n) is 7.65. The molecule has 0 aliphatic carbocycles. The first kappa shape index (κ1) is 15.4. The van der Waals surface area contributed by atoms with Gasteiger partial charge in [0.1, 0.15) is 12.3 Å². The summed E-state index contributed by atoms with van der Waals surface area (Å²) >= 11 is 0. The third kappa shape index (κ3) is 4.00. The molecule has 4 heteroatoms. The number of benzene rings is 1. The smallest absolute Gasteiger partial charge is 0.240 e. The van der Waals surface area contributed by atoms with Crippen molar-refractivity contribution in [3.8, 4) is 5.75 Å². The van der Waals surface area contributed by atoms with E-state index in [1.165, 1.54) is 0 Å². The molecule has 1 N–H and O–H groups in total. The summed E-state index contributed by atoms with van der Waals surface area (Å²) in [6.07, 6.45) is 3.88. The fourth-order valence-electron chi connectivity index (χ4n) is 2.20. The summed E-state index contributed by atoms with van der Waals surface area (Å²) in [5.41, 5.74) is 1.05. The molecule has 1 aromatic heterocycles. The van der Waals surface area contributed by atoms with E-state index in [9.17, 15) is 4.79 Å². The van der Waals surface area contributed by atoms with Crippen molar-refractivity contribution in [1.29, 1.82) is 0 Å². The number of carbonyl (C=O) groups excluding carboxylic acids is 1. The number of carbonyl (C=O) groups is 1. The molecule has 4 nitrogen and oxygen atoms in total. The number of aromatic nitrogens is 1. The molecule has 1 aromatic carbocycles. The predicted molar refractivity (Wildman–Crippen MR) is 85.6 cm³/mol. The van der Waals surface area contributed by atoms with Crippen LogP contribution in [0.5, 0.6) is 5.75 Å². The Kier molecular flexibility index (Phi) is 5.26. The number of nitrogens with one attached hydrogen (secondary N) is 1. The van der Waals surface area contributed by atoms with Crippen molar-refractivity contribution in [2.45, 2.75) is 46.2 Å². The second-order valence-corrected chi connectivity index (χ2v) is 5.39. The lowest BCUT2D eigenvalue weighted by Gasteiger charge is -2.12. The van der Waals surface area contributed by atoms with Gasteiger partial charge in [-0.2, -0.15) is 0 Å². The maximum Gasteiger partial charge on any atom is 0.240 e. The molecule has 1 unspecified atom stereocenters. The summed E-state index contributed by atoms with van der Waals surface area (Å²) in [4.78, 5) is 12.0. The first-order valence-corrected chi connectivity index (χ1v) is 7.65. The highest BCUT2D eigenvalue weighted by Gasteiger charge is 2.09. The van der Waals surface area contributed by atoms with Crippen molar-refractivity contribution < 1.29 is 9.53 Å². The number of rotatable bonds is 7. The van der Waals surface area contributed by atoms with Crippen LogP contribution in [0.25, 0.3) is 10.9 Å². The van der Waals surface area contributed by atoms with Crippen LogP contribution in [0.3, 0.4) is 0 Å². The summed E-state index contributed by atoms with van der Waals surface area (Å²) in [5.74, 6) is 0.930. The van der Waals surface area contributed by atoms with E-state index in [0.717, 1.165) is 36.1 Å². The van der Waals surface area contributed by atoms with E-state index in [2.05, 4.69) is 19.2 Å². The lowest BCUT2D eigenvalue weighted by Crippen LogP contribution is -2.34. The molecule has 1 heterocycles. The van der Waals surface area contributed by atoms with Gasteiger partial charge in [0, 0.05) is 23.1 Å². The number of amides is 1. The molecule has 0 radical (unpaired) electrons. The molecule has 114 valence electrons. The van der Waals surface area contributed by atoms with E-state index in [-0.39, 0.29) is 11.9 Å². The van der Waals surface area contributed by atoms with Crippen LogP contribution in [0.1, 0.15) is 33.6 Å².